The largest absolute Gasteiger partial charge is 0.464 e. The quantitative estimate of drug-likeness (QED) is 0.630. The van der Waals surface area contributed by atoms with Gasteiger partial charge in [-0.1, -0.05) is 24.3 Å². The van der Waals surface area contributed by atoms with Gasteiger partial charge in [-0.25, -0.2) is 4.79 Å². The highest BCUT2D eigenvalue weighted by atomic mass is 16.5. The Bertz CT molecular complexity index is 391. The fourth-order valence-corrected chi connectivity index (χ4v) is 1.70. The van der Waals surface area contributed by atoms with E-state index in [4.69, 9.17) is 5.11 Å². The summed E-state index contributed by atoms with van der Waals surface area (Å²) in [6, 6.07) is 6.79. The number of hydrogen-bond acceptors (Lipinski definition) is 5. The highest BCUT2D eigenvalue weighted by Gasteiger charge is 2.28. The van der Waals surface area contributed by atoms with Gasteiger partial charge in [0.25, 0.3) is 0 Å². The van der Waals surface area contributed by atoms with Crippen LogP contribution in [-0.4, -0.2) is 40.6 Å². The Morgan fingerprint density at radius 1 is 1.33 bits per heavy atom. The van der Waals surface area contributed by atoms with Crippen LogP contribution in [0.15, 0.2) is 24.3 Å². The molecule has 0 aliphatic heterocycles. The fourth-order valence-electron chi connectivity index (χ4n) is 1.70. The molecule has 0 radical (unpaired) electrons. The predicted molar refractivity (Wildman–Crippen MR) is 64.8 cm³/mol. The van der Waals surface area contributed by atoms with Gasteiger partial charge >= 0.3 is 5.97 Å². The molecule has 100 valence electrons. The van der Waals surface area contributed by atoms with Gasteiger partial charge in [0.1, 0.15) is 6.10 Å². The predicted octanol–water partition coefficient (Wildman–Crippen LogP) is 0.179. The molecule has 0 saturated carbocycles. The molecule has 5 heteroatoms. The number of benzene rings is 1. The molecule has 5 nitrogen and oxygen atoms in total. The van der Waals surface area contributed by atoms with Crippen LogP contribution in [0.2, 0.25) is 0 Å². The molecule has 0 spiro atoms. The molecule has 1 aromatic rings. The van der Waals surface area contributed by atoms with Crippen LogP contribution >= 0.6 is 0 Å². The maximum Gasteiger partial charge on any atom is 0.338 e. The van der Waals surface area contributed by atoms with Crippen LogP contribution in [0.5, 0.6) is 0 Å². The summed E-state index contributed by atoms with van der Waals surface area (Å²) in [5, 5.41) is 28.6. The number of ether oxygens (including phenoxy) is 1. The third-order valence-electron chi connectivity index (χ3n) is 2.58. The van der Waals surface area contributed by atoms with E-state index in [2.05, 4.69) is 4.74 Å². The van der Waals surface area contributed by atoms with E-state index in [1.54, 1.807) is 31.2 Å². The van der Waals surface area contributed by atoms with E-state index in [0.29, 0.717) is 17.5 Å². The molecule has 2 atom stereocenters. The van der Waals surface area contributed by atoms with Crippen molar-refractivity contribution in [3.8, 4) is 0 Å². The molecule has 0 aliphatic rings. The first-order valence-electron chi connectivity index (χ1n) is 5.83. The Hall–Kier alpha value is -1.43. The van der Waals surface area contributed by atoms with Crippen molar-refractivity contribution in [1.29, 1.82) is 0 Å². The lowest BCUT2D eigenvalue weighted by Crippen LogP contribution is -2.30. The van der Waals surface area contributed by atoms with E-state index < -0.39 is 18.2 Å². The molecule has 18 heavy (non-hydrogen) atoms. The molecule has 2 unspecified atom stereocenters. The summed E-state index contributed by atoms with van der Waals surface area (Å²) in [5.74, 6) is -0.858. The van der Waals surface area contributed by atoms with Crippen LogP contribution in [0.4, 0.5) is 0 Å². The molecule has 0 fully saturated rings. The lowest BCUT2D eigenvalue weighted by atomic mass is 9.97. The molecular weight excluding hydrogens is 236 g/mol. The van der Waals surface area contributed by atoms with Gasteiger partial charge in [0.05, 0.1) is 6.61 Å². The lowest BCUT2D eigenvalue weighted by molar-refractivity contribution is -0.159. The van der Waals surface area contributed by atoms with E-state index in [1.807, 2.05) is 0 Å². The highest BCUT2D eigenvalue weighted by molar-refractivity contribution is 5.75. The van der Waals surface area contributed by atoms with Crippen molar-refractivity contribution in [2.45, 2.75) is 25.6 Å². The van der Waals surface area contributed by atoms with E-state index >= 15 is 0 Å². The molecule has 0 heterocycles. The van der Waals surface area contributed by atoms with Gasteiger partial charge in [-0.3, -0.25) is 0 Å². The van der Waals surface area contributed by atoms with E-state index in [9.17, 15) is 15.0 Å². The van der Waals surface area contributed by atoms with Crippen LogP contribution in [0.3, 0.4) is 0 Å². The molecule has 3 N–H and O–H groups in total. The third-order valence-corrected chi connectivity index (χ3v) is 2.58. The second-order valence-electron chi connectivity index (χ2n) is 3.81. The van der Waals surface area contributed by atoms with Gasteiger partial charge in [-0.2, -0.15) is 0 Å². The molecule has 1 aromatic carbocycles. The molecule has 1 rings (SSSR count). The van der Waals surface area contributed by atoms with Crippen LogP contribution in [-0.2, 0) is 16.0 Å². The van der Waals surface area contributed by atoms with Gasteiger partial charge in [0.2, 0.25) is 0 Å². The Kier molecular flexibility index (Phi) is 5.77. The summed E-state index contributed by atoms with van der Waals surface area (Å²) in [4.78, 5) is 11.3. The van der Waals surface area contributed by atoms with Crippen molar-refractivity contribution in [3.63, 3.8) is 0 Å². The minimum Gasteiger partial charge on any atom is -0.464 e. The zero-order valence-electron chi connectivity index (χ0n) is 10.2. The summed E-state index contributed by atoms with van der Waals surface area (Å²) in [5.41, 5.74) is 1.11. The zero-order valence-corrected chi connectivity index (χ0v) is 10.2. The molecular formula is C13H18O5. The monoisotopic (exact) mass is 254 g/mol. The second kappa shape index (κ2) is 7.10. The number of rotatable bonds is 6. The number of aliphatic hydroxyl groups is 3. The van der Waals surface area contributed by atoms with Crippen molar-refractivity contribution >= 4 is 5.97 Å². The number of carbonyl (C=O) groups is 1. The number of carbonyl (C=O) groups excluding carboxylic acids is 1. The lowest BCUT2D eigenvalue weighted by Gasteiger charge is -2.19. The van der Waals surface area contributed by atoms with Crippen molar-refractivity contribution < 1.29 is 24.9 Å². The maximum absolute atomic E-state index is 11.3. The molecule has 0 bridgehead atoms. The average Bonchev–Trinajstić information content (AvgIpc) is 2.38. The summed E-state index contributed by atoms with van der Waals surface area (Å²) in [6.07, 6.45) is -2.63. The molecule has 0 amide bonds. The second-order valence-corrected chi connectivity index (χ2v) is 3.81. The standard InChI is InChI=1S/C13H18O5/c1-2-18-13(17)12(16)11(15)10-6-4-3-5-9(10)7-8-14/h3-6,11-12,14-16H,2,7-8H2,1H3. The zero-order chi connectivity index (χ0) is 13.5. The topological polar surface area (TPSA) is 87.0 Å². The van der Waals surface area contributed by atoms with Crippen LogP contribution in [0.25, 0.3) is 0 Å². The molecule has 0 aliphatic carbocycles. The fraction of sp³-hybridized carbons (Fsp3) is 0.462. The maximum atomic E-state index is 11.3. The van der Waals surface area contributed by atoms with Crippen LogP contribution in [0, 0.1) is 0 Å². The Balaban J connectivity index is 2.88. The Labute approximate surface area is 106 Å². The van der Waals surface area contributed by atoms with E-state index in [1.165, 1.54) is 0 Å². The first-order chi connectivity index (χ1) is 8.61. The molecule has 0 aromatic heterocycles. The SMILES string of the molecule is CCOC(=O)C(O)C(O)c1ccccc1CCO. The first-order valence-corrected chi connectivity index (χ1v) is 5.83. The van der Waals surface area contributed by atoms with Gasteiger partial charge in [0.15, 0.2) is 6.10 Å². The van der Waals surface area contributed by atoms with E-state index in [0.717, 1.165) is 0 Å². The minimum atomic E-state index is -1.62. The number of hydrogen-bond donors (Lipinski definition) is 3. The van der Waals surface area contributed by atoms with Gasteiger partial charge in [-0.15, -0.1) is 0 Å². The van der Waals surface area contributed by atoms with Crippen LogP contribution < -0.4 is 0 Å². The van der Waals surface area contributed by atoms with Gasteiger partial charge < -0.3 is 20.1 Å². The van der Waals surface area contributed by atoms with Gasteiger partial charge in [-0.05, 0) is 24.5 Å². The van der Waals surface area contributed by atoms with Crippen molar-refractivity contribution in [2.75, 3.05) is 13.2 Å². The van der Waals surface area contributed by atoms with Crippen LogP contribution in [0.1, 0.15) is 24.2 Å². The summed E-state index contributed by atoms with van der Waals surface area (Å²) in [7, 11) is 0. The van der Waals surface area contributed by atoms with Crippen molar-refractivity contribution in [3.05, 3.63) is 35.4 Å². The van der Waals surface area contributed by atoms with E-state index in [-0.39, 0.29) is 13.2 Å². The van der Waals surface area contributed by atoms with Crippen molar-refractivity contribution in [1.82, 2.24) is 0 Å². The van der Waals surface area contributed by atoms with Gasteiger partial charge in [0, 0.05) is 6.61 Å². The number of aliphatic hydroxyl groups excluding tert-OH is 3. The Morgan fingerprint density at radius 2 is 2.00 bits per heavy atom. The minimum absolute atomic E-state index is 0.0702. The average molecular weight is 254 g/mol. The smallest absolute Gasteiger partial charge is 0.338 e. The summed E-state index contributed by atoms with van der Waals surface area (Å²) >= 11 is 0. The molecule has 0 saturated heterocycles. The Morgan fingerprint density at radius 3 is 2.61 bits per heavy atom. The third kappa shape index (κ3) is 3.53. The normalized spacial score (nSPS) is 14.0. The summed E-state index contributed by atoms with van der Waals surface area (Å²) in [6.45, 7) is 1.69. The highest BCUT2D eigenvalue weighted by Crippen LogP contribution is 2.22. The first kappa shape index (κ1) is 14.6. The van der Waals surface area contributed by atoms with Crippen molar-refractivity contribution in [2.24, 2.45) is 0 Å². The number of esters is 1. The summed E-state index contributed by atoms with van der Waals surface area (Å²) < 4.78 is 4.65.